The van der Waals surface area contributed by atoms with Crippen LogP contribution in [0.25, 0.3) is 0 Å². The number of aliphatic hydroxyl groups is 2. The standard InChI is InChI=1S/C22H29FN3O10P/c1-13(2)34-17(28)14(3)25-37(32,36-15-8-6-5-7-9-15)33-12-22(23)18(29)21(4,31)19(35-22)26-11-10-16(27)24-20(26)30/h5-11,13-14,18-19,29,31H,12H2,1-4H3,(H,25,32)(H,24,27,30)/t14?,18-,19+,21+,22+,37+/m0/s1. The van der Waals surface area contributed by atoms with Crippen molar-refractivity contribution in [2.75, 3.05) is 6.61 Å². The molecule has 13 nitrogen and oxygen atoms in total. The second-order valence-electron chi connectivity index (χ2n) is 8.91. The Labute approximate surface area is 210 Å². The van der Waals surface area contributed by atoms with Crippen molar-refractivity contribution in [2.45, 2.75) is 63.6 Å². The summed E-state index contributed by atoms with van der Waals surface area (Å²) in [6.45, 7) is 4.29. The van der Waals surface area contributed by atoms with E-state index in [9.17, 15) is 29.2 Å². The predicted molar refractivity (Wildman–Crippen MR) is 126 cm³/mol. The number of para-hydroxylation sites is 1. The Hall–Kier alpha value is -2.87. The van der Waals surface area contributed by atoms with Crippen LogP contribution in [-0.4, -0.2) is 62.0 Å². The van der Waals surface area contributed by atoms with Gasteiger partial charge in [-0.2, -0.15) is 5.09 Å². The molecule has 1 saturated heterocycles. The van der Waals surface area contributed by atoms with Crippen LogP contribution in [0.4, 0.5) is 4.39 Å². The number of aliphatic hydroxyl groups excluding tert-OH is 1. The summed E-state index contributed by atoms with van der Waals surface area (Å²) < 4.78 is 51.0. The number of esters is 1. The number of halogens is 1. The number of nitrogens with zero attached hydrogens (tertiary/aromatic N) is 1. The summed E-state index contributed by atoms with van der Waals surface area (Å²) in [7, 11) is -4.55. The molecule has 1 aromatic carbocycles. The van der Waals surface area contributed by atoms with E-state index < -0.39 is 67.5 Å². The molecule has 2 aromatic rings. The summed E-state index contributed by atoms with van der Waals surface area (Å²) >= 11 is 0. The molecule has 2 heterocycles. The first kappa shape index (κ1) is 28.7. The number of rotatable bonds is 10. The smallest absolute Gasteiger partial charge is 0.459 e. The van der Waals surface area contributed by atoms with Gasteiger partial charge in [0.15, 0.2) is 6.23 Å². The van der Waals surface area contributed by atoms with Gasteiger partial charge in [0.05, 0.1) is 6.10 Å². The van der Waals surface area contributed by atoms with E-state index in [1.54, 1.807) is 32.0 Å². The van der Waals surface area contributed by atoms with Crippen molar-refractivity contribution in [2.24, 2.45) is 0 Å². The molecular formula is C22H29FN3O10P. The number of aromatic amines is 1. The summed E-state index contributed by atoms with van der Waals surface area (Å²) in [5.74, 6) is -3.95. The third kappa shape index (κ3) is 6.53. The number of carbonyl (C=O) groups excluding carboxylic acids is 1. The minimum absolute atomic E-state index is 0.0493. The van der Waals surface area contributed by atoms with Crippen LogP contribution >= 0.6 is 7.75 Å². The third-order valence-electron chi connectivity index (χ3n) is 5.33. The van der Waals surface area contributed by atoms with Crippen LogP contribution in [0.2, 0.25) is 0 Å². The van der Waals surface area contributed by atoms with Crippen molar-refractivity contribution < 1.29 is 42.5 Å². The average molecular weight is 545 g/mol. The summed E-state index contributed by atoms with van der Waals surface area (Å²) in [4.78, 5) is 37.7. The Bertz CT molecular complexity index is 1270. The van der Waals surface area contributed by atoms with Gasteiger partial charge in [-0.3, -0.25) is 23.7 Å². The molecule has 204 valence electrons. The van der Waals surface area contributed by atoms with Crippen molar-refractivity contribution in [3.8, 4) is 5.75 Å². The lowest BCUT2D eigenvalue weighted by Crippen LogP contribution is -2.50. The fourth-order valence-electron chi connectivity index (χ4n) is 3.51. The Balaban J connectivity index is 1.86. The fraction of sp³-hybridized carbons (Fsp3) is 0.500. The SMILES string of the molecule is CC(C)OC(=O)C(C)N[P@@](=O)(OC[C@@]1(F)O[C@@H](n2ccc(=O)[nH]c2=O)[C@](C)(O)[C@@H]1O)Oc1ccccc1. The number of alkyl halides is 1. The van der Waals surface area contributed by atoms with Gasteiger partial charge < -0.3 is 24.2 Å². The minimum Gasteiger partial charge on any atom is -0.462 e. The molecule has 0 amide bonds. The Morgan fingerprint density at radius 3 is 2.51 bits per heavy atom. The number of benzene rings is 1. The van der Waals surface area contributed by atoms with E-state index in [0.29, 0.717) is 4.57 Å². The number of hydrogen-bond acceptors (Lipinski definition) is 10. The van der Waals surface area contributed by atoms with Gasteiger partial charge >= 0.3 is 19.4 Å². The van der Waals surface area contributed by atoms with E-state index in [1.807, 2.05) is 4.98 Å². The van der Waals surface area contributed by atoms with Crippen molar-refractivity contribution in [1.29, 1.82) is 0 Å². The van der Waals surface area contributed by atoms with E-state index in [0.717, 1.165) is 19.2 Å². The molecular weight excluding hydrogens is 516 g/mol. The van der Waals surface area contributed by atoms with E-state index >= 15 is 4.39 Å². The molecule has 37 heavy (non-hydrogen) atoms. The molecule has 1 aliphatic rings. The number of nitrogens with one attached hydrogen (secondary N) is 2. The van der Waals surface area contributed by atoms with Gasteiger partial charge in [-0.1, -0.05) is 18.2 Å². The minimum atomic E-state index is -4.55. The molecule has 1 aromatic heterocycles. The van der Waals surface area contributed by atoms with E-state index in [2.05, 4.69) is 5.09 Å². The number of hydrogen-bond donors (Lipinski definition) is 4. The lowest BCUT2D eigenvalue weighted by Gasteiger charge is -2.29. The van der Waals surface area contributed by atoms with Crippen LogP contribution in [0.1, 0.15) is 33.9 Å². The quantitative estimate of drug-likeness (QED) is 0.247. The Morgan fingerprint density at radius 2 is 1.92 bits per heavy atom. The monoisotopic (exact) mass is 545 g/mol. The Kier molecular flexibility index (Phi) is 8.42. The molecule has 0 spiro atoms. The van der Waals surface area contributed by atoms with Crippen LogP contribution in [0.5, 0.6) is 5.75 Å². The van der Waals surface area contributed by atoms with Crippen LogP contribution in [0.3, 0.4) is 0 Å². The average Bonchev–Trinajstić information content (AvgIpc) is 2.98. The molecule has 0 saturated carbocycles. The maximum Gasteiger partial charge on any atom is 0.459 e. The van der Waals surface area contributed by atoms with E-state index in [1.165, 1.54) is 19.1 Å². The lowest BCUT2D eigenvalue weighted by molar-refractivity contribution is -0.204. The van der Waals surface area contributed by atoms with Crippen LogP contribution in [-0.2, 0) is 23.4 Å². The molecule has 15 heteroatoms. The van der Waals surface area contributed by atoms with Gasteiger partial charge in [0.1, 0.15) is 30.1 Å². The molecule has 6 atom stereocenters. The van der Waals surface area contributed by atoms with Crippen LogP contribution < -0.4 is 20.9 Å². The molecule has 1 fully saturated rings. The highest BCUT2D eigenvalue weighted by Crippen LogP contribution is 2.50. The van der Waals surface area contributed by atoms with Crippen molar-refractivity contribution in [3.05, 3.63) is 63.4 Å². The fourth-order valence-corrected chi connectivity index (χ4v) is 5.02. The summed E-state index contributed by atoms with van der Waals surface area (Å²) in [6.07, 6.45) is -3.63. The predicted octanol–water partition coefficient (Wildman–Crippen LogP) is 0.977. The summed E-state index contributed by atoms with van der Waals surface area (Å²) in [5.41, 5.74) is -4.18. The van der Waals surface area contributed by atoms with Crippen molar-refractivity contribution >= 4 is 13.7 Å². The van der Waals surface area contributed by atoms with Gasteiger partial charge in [0.25, 0.3) is 11.4 Å². The van der Waals surface area contributed by atoms with Crippen molar-refractivity contribution in [1.82, 2.24) is 14.6 Å². The summed E-state index contributed by atoms with van der Waals surface area (Å²) in [5, 5.41) is 23.7. The molecule has 1 unspecified atom stereocenters. The van der Waals surface area contributed by atoms with Gasteiger partial charge in [-0.25, -0.2) is 13.8 Å². The van der Waals surface area contributed by atoms with Crippen molar-refractivity contribution in [3.63, 3.8) is 0 Å². The maximum atomic E-state index is 15.8. The van der Waals surface area contributed by atoms with E-state index in [4.69, 9.17) is 18.5 Å². The molecule has 0 radical (unpaired) electrons. The molecule has 0 aliphatic carbocycles. The molecule has 1 aliphatic heterocycles. The largest absolute Gasteiger partial charge is 0.462 e. The normalized spacial score (nSPS) is 28.0. The number of ether oxygens (including phenoxy) is 2. The summed E-state index contributed by atoms with van der Waals surface area (Å²) in [6, 6.07) is 7.38. The molecule has 0 bridgehead atoms. The van der Waals surface area contributed by atoms with Gasteiger partial charge in [-0.15, -0.1) is 0 Å². The maximum absolute atomic E-state index is 15.8. The lowest BCUT2D eigenvalue weighted by atomic mass is 9.95. The number of aromatic nitrogens is 2. The topological polar surface area (TPSA) is 178 Å². The van der Waals surface area contributed by atoms with Gasteiger partial charge in [-0.05, 0) is 39.8 Å². The number of carbonyl (C=O) groups is 1. The number of H-pyrrole nitrogens is 1. The third-order valence-corrected chi connectivity index (χ3v) is 6.95. The molecule has 3 rings (SSSR count). The zero-order valence-electron chi connectivity index (χ0n) is 20.5. The zero-order valence-corrected chi connectivity index (χ0v) is 21.4. The highest BCUT2D eigenvalue weighted by Gasteiger charge is 2.63. The van der Waals surface area contributed by atoms with E-state index in [-0.39, 0.29) is 5.75 Å². The Morgan fingerprint density at radius 1 is 1.27 bits per heavy atom. The van der Waals surface area contributed by atoms with Crippen LogP contribution in [0, 0.1) is 0 Å². The highest BCUT2D eigenvalue weighted by molar-refractivity contribution is 7.52. The second kappa shape index (κ2) is 10.9. The highest BCUT2D eigenvalue weighted by atomic mass is 31.2. The first-order chi connectivity index (χ1) is 17.2. The van der Waals surface area contributed by atoms with Gasteiger partial charge in [0, 0.05) is 12.3 Å². The van der Waals surface area contributed by atoms with Gasteiger partial charge in [0.2, 0.25) is 0 Å². The van der Waals surface area contributed by atoms with Crippen LogP contribution in [0.15, 0.2) is 52.2 Å². The first-order valence-electron chi connectivity index (χ1n) is 11.2. The zero-order chi connectivity index (χ0) is 27.6. The first-order valence-corrected chi connectivity index (χ1v) is 12.8. The second-order valence-corrected chi connectivity index (χ2v) is 10.6. The molecule has 4 N–H and O–H groups in total.